The number of Topliss-reactive ketones (excluding diaryl/α,β-unsaturated/α-hetero) is 1. The summed E-state index contributed by atoms with van der Waals surface area (Å²) in [4.78, 5) is 12.0. The standard InChI is InChI=1S/C15H22O2Si/c1-18(2,3)17-15(12-8-5-4-6-9-12)13-10-7-11-14(13)16/h4-6,8-9,13,15H,7,10-11H2,1-3H3/t13-,15+/m1/s1. The third kappa shape index (κ3) is 3.30. The Morgan fingerprint density at radius 1 is 1.22 bits per heavy atom. The van der Waals surface area contributed by atoms with Gasteiger partial charge in [0.05, 0.1) is 6.10 Å². The van der Waals surface area contributed by atoms with Gasteiger partial charge in [-0.05, 0) is 38.0 Å². The lowest BCUT2D eigenvalue weighted by atomic mass is 9.94. The average molecular weight is 262 g/mol. The van der Waals surface area contributed by atoms with E-state index in [-0.39, 0.29) is 12.0 Å². The summed E-state index contributed by atoms with van der Waals surface area (Å²) in [5, 5.41) is 0. The normalized spacial score (nSPS) is 22.2. The van der Waals surface area contributed by atoms with Gasteiger partial charge >= 0.3 is 0 Å². The predicted molar refractivity (Wildman–Crippen MR) is 76.0 cm³/mol. The molecular weight excluding hydrogens is 240 g/mol. The maximum absolute atomic E-state index is 12.0. The van der Waals surface area contributed by atoms with E-state index in [1.807, 2.05) is 18.2 Å². The molecule has 0 heterocycles. The van der Waals surface area contributed by atoms with Gasteiger partial charge in [0, 0.05) is 12.3 Å². The molecule has 0 unspecified atom stereocenters. The van der Waals surface area contributed by atoms with E-state index in [0.717, 1.165) is 24.8 Å². The first kappa shape index (κ1) is 13.5. The van der Waals surface area contributed by atoms with E-state index in [2.05, 4.69) is 31.8 Å². The van der Waals surface area contributed by atoms with Gasteiger partial charge in [0.15, 0.2) is 8.32 Å². The molecule has 0 saturated heterocycles. The zero-order valence-corrected chi connectivity index (χ0v) is 12.5. The van der Waals surface area contributed by atoms with Crippen LogP contribution < -0.4 is 0 Å². The van der Waals surface area contributed by atoms with Gasteiger partial charge in [0.1, 0.15) is 5.78 Å². The average Bonchev–Trinajstić information content (AvgIpc) is 2.72. The van der Waals surface area contributed by atoms with Crippen LogP contribution in [0.2, 0.25) is 19.6 Å². The van der Waals surface area contributed by atoms with Crippen molar-refractivity contribution >= 4 is 14.1 Å². The summed E-state index contributed by atoms with van der Waals surface area (Å²) in [6.07, 6.45) is 2.68. The van der Waals surface area contributed by atoms with Gasteiger partial charge in [0.2, 0.25) is 0 Å². The van der Waals surface area contributed by atoms with Crippen molar-refractivity contribution in [1.82, 2.24) is 0 Å². The van der Waals surface area contributed by atoms with E-state index in [4.69, 9.17) is 4.43 Å². The Hall–Kier alpha value is -0.933. The maximum atomic E-state index is 12.0. The monoisotopic (exact) mass is 262 g/mol. The van der Waals surface area contributed by atoms with Crippen LogP contribution in [0, 0.1) is 5.92 Å². The number of benzene rings is 1. The second-order valence-electron chi connectivity index (χ2n) is 6.03. The summed E-state index contributed by atoms with van der Waals surface area (Å²) >= 11 is 0. The molecular formula is C15H22O2Si. The molecule has 0 aliphatic heterocycles. The van der Waals surface area contributed by atoms with Crippen LogP contribution in [0.1, 0.15) is 30.9 Å². The van der Waals surface area contributed by atoms with Crippen LogP contribution in [0.4, 0.5) is 0 Å². The first-order valence-electron chi connectivity index (χ1n) is 6.73. The topological polar surface area (TPSA) is 26.3 Å². The third-order valence-electron chi connectivity index (χ3n) is 3.33. The molecule has 0 N–H and O–H groups in total. The van der Waals surface area contributed by atoms with Gasteiger partial charge in [-0.1, -0.05) is 30.3 Å². The molecule has 2 rings (SSSR count). The molecule has 1 aromatic rings. The molecule has 0 spiro atoms. The molecule has 0 radical (unpaired) electrons. The Labute approximate surface area is 110 Å². The van der Waals surface area contributed by atoms with E-state index >= 15 is 0 Å². The zero-order chi connectivity index (χ0) is 13.2. The van der Waals surface area contributed by atoms with Gasteiger partial charge in [-0.2, -0.15) is 0 Å². The molecule has 2 atom stereocenters. The Kier molecular flexibility index (Phi) is 4.03. The fourth-order valence-corrected chi connectivity index (χ4v) is 3.63. The van der Waals surface area contributed by atoms with Gasteiger partial charge in [-0.3, -0.25) is 4.79 Å². The van der Waals surface area contributed by atoms with Gasteiger partial charge in [-0.25, -0.2) is 0 Å². The predicted octanol–water partition coefficient (Wildman–Crippen LogP) is 3.95. The molecule has 0 amide bonds. The summed E-state index contributed by atoms with van der Waals surface area (Å²) in [5.74, 6) is 0.446. The second-order valence-corrected chi connectivity index (χ2v) is 10.5. The van der Waals surface area contributed by atoms with E-state index in [0.29, 0.717) is 5.78 Å². The molecule has 1 saturated carbocycles. The van der Waals surface area contributed by atoms with Crippen molar-refractivity contribution in [1.29, 1.82) is 0 Å². The van der Waals surface area contributed by atoms with Gasteiger partial charge in [-0.15, -0.1) is 0 Å². The first-order chi connectivity index (χ1) is 8.47. The molecule has 18 heavy (non-hydrogen) atoms. The maximum Gasteiger partial charge on any atom is 0.184 e. The highest BCUT2D eigenvalue weighted by atomic mass is 28.4. The van der Waals surface area contributed by atoms with Gasteiger partial charge < -0.3 is 4.43 Å². The Morgan fingerprint density at radius 3 is 2.39 bits per heavy atom. The largest absolute Gasteiger partial charge is 0.410 e. The highest BCUT2D eigenvalue weighted by molar-refractivity contribution is 6.69. The third-order valence-corrected chi connectivity index (χ3v) is 4.29. The highest BCUT2D eigenvalue weighted by Crippen LogP contribution is 2.37. The molecule has 1 aliphatic carbocycles. The highest BCUT2D eigenvalue weighted by Gasteiger charge is 2.36. The molecule has 0 aromatic heterocycles. The SMILES string of the molecule is C[Si](C)(C)O[C@@H](c1ccccc1)[C@@H]1CCCC1=O. The van der Waals surface area contributed by atoms with Crippen LogP contribution in [0.25, 0.3) is 0 Å². The number of carbonyl (C=O) groups excluding carboxylic acids is 1. The molecule has 1 aliphatic rings. The molecule has 1 fully saturated rings. The van der Waals surface area contributed by atoms with Crippen LogP contribution >= 0.6 is 0 Å². The zero-order valence-electron chi connectivity index (χ0n) is 11.5. The van der Waals surface area contributed by atoms with Crippen molar-refractivity contribution in [3.05, 3.63) is 35.9 Å². The van der Waals surface area contributed by atoms with Crippen LogP contribution in [0.15, 0.2) is 30.3 Å². The van der Waals surface area contributed by atoms with Crippen molar-refractivity contribution in [3.8, 4) is 0 Å². The lowest BCUT2D eigenvalue weighted by Gasteiger charge is -2.30. The van der Waals surface area contributed by atoms with E-state index in [9.17, 15) is 4.79 Å². The molecule has 1 aromatic carbocycles. The van der Waals surface area contributed by atoms with Crippen LogP contribution in [-0.4, -0.2) is 14.1 Å². The van der Waals surface area contributed by atoms with Crippen LogP contribution in [0.5, 0.6) is 0 Å². The van der Waals surface area contributed by atoms with Crippen molar-refractivity contribution in [2.24, 2.45) is 5.92 Å². The lowest BCUT2D eigenvalue weighted by Crippen LogP contribution is -2.32. The molecule has 0 bridgehead atoms. The minimum absolute atomic E-state index is 0.0344. The number of hydrogen-bond acceptors (Lipinski definition) is 2. The quantitative estimate of drug-likeness (QED) is 0.768. The smallest absolute Gasteiger partial charge is 0.184 e. The Balaban J connectivity index is 2.26. The summed E-state index contributed by atoms with van der Waals surface area (Å²) in [6, 6.07) is 10.2. The first-order valence-corrected chi connectivity index (χ1v) is 10.1. The number of ketones is 1. The fourth-order valence-electron chi connectivity index (χ4n) is 2.57. The minimum atomic E-state index is -1.65. The number of hydrogen-bond donors (Lipinski definition) is 0. The van der Waals surface area contributed by atoms with Crippen molar-refractivity contribution in [3.63, 3.8) is 0 Å². The summed E-state index contributed by atoms with van der Waals surface area (Å²) < 4.78 is 6.30. The summed E-state index contributed by atoms with van der Waals surface area (Å²) in [6.45, 7) is 6.55. The van der Waals surface area contributed by atoms with Crippen molar-refractivity contribution in [2.45, 2.75) is 45.0 Å². The number of carbonyl (C=O) groups is 1. The second kappa shape index (κ2) is 5.37. The minimum Gasteiger partial charge on any atom is -0.410 e. The Bertz CT molecular complexity index is 408. The lowest BCUT2D eigenvalue weighted by molar-refractivity contribution is -0.123. The van der Waals surface area contributed by atoms with Gasteiger partial charge in [0.25, 0.3) is 0 Å². The Morgan fingerprint density at radius 2 is 1.89 bits per heavy atom. The number of rotatable bonds is 4. The van der Waals surface area contributed by atoms with Crippen LogP contribution in [-0.2, 0) is 9.22 Å². The van der Waals surface area contributed by atoms with E-state index in [1.165, 1.54) is 0 Å². The molecule has 98 valence electrons. The summed E-state index contributed by atoms with van der Waals surface area (Å²) in [7, 11) is -1.65. The summed E-state index contributed by atoms with van der Waals surface area (Å²) in [5.41, 5.74) is 1.15. The van der Waals surface area contributed by atoms with E-state index < -0.39 is 8.32 Å². The van der Waals surface area contributed by atoms with Crippen molar-refractivity contribution < 1.29 is 9.22 Å². The van der Waals surface area contributed by atoms with Crippen molar-refractivity contribution in [2.75, 3.05) is 0 Å². The van der Waals surface area contributed by atoms with E-state index in [1.54, 1.807) is 0 Å². The molecule has 3 heteroatoms. The van der Waals surface area contributed by atoms with Crippen LogP contribution in [0.3, 0.4) is 0 Å². The fraction of sp³-hybridized carbons (Fsp3) is 0.533. The molecule has 2 nitrogen and oxygen atoms in total.